The van der Waals surface area contributed by atoms with Gasteiger partial charge in [0.15, 0.2) is 0 Å². The van der Waals surface area contributed by atoms with E-state index in [-0.39, 0.29) is 11.8 Å². The van der Waals surface area contributed by atoms with E-state index in [0.29, 0.717) is 18.7 Å². The summed E-state index contributed by atoms with van der Waals surface area (Å²) in [7, 11) is 0. The number of aryl methyl sites for hydroxylation is 2. The quantitative estimate of drug-likeness (QED) is 0.912. The van der Waals surface area contributed by atoms with Crippen molar-refractivity contribution < 1.29 is 9.59 Å². The molecule has 124 valence electrons. The molecule has 2 aromatic carbocycles. The van der Waals surface area contributed by atoms with Crippen LogP contribution < -0.4 is 15.5 Å². The molecule has 0 unspecified atom stereocenters. The Hall–Kier alpha value is -2.82. The second-order valence-electron chi connectivity index (χ2n) is 6.15. The number of rotatable bonds is 3. The van der Waals surface area contributed by atoms with Gasteiger partial charge in [-0.25, -0.2) is 0 Å². The Morgan fingerprint density at radius 3 is 2.38 bits per heavy atom. The van der Waals surface area contributed by atoms with Crippen LogP contribution in [0.25, 0.3) is 0 Å². The van der Waals surface area contributed by atoms with Gasteiger partial charge in [-0.05, 0) is 50.2 Å². The molecule has 0 aliphatic carbocycles. The molecule has 1 aliphatic heterocycles. The fourth-order valence-corrected chi connectivity index (χ4v) is 2.92. The van der Waals surface area contributed by atoms with E-state index in [9.17, 15) is 9.59 Å². The van der Waals surface area contributed by atoms with Gasteiger partial charge in [0.1, 0.15) is 0 Å². The van der Waals surface area contributed by atoms with Gasteiger partial charge in [0.2, 0.25) is 5.91 Å². The zero-order valence-electron chi connectivity index (χ0n) is 13.9. The maximum atomic E-state index is 12.4. The summed E-state index contributed by atoms with van der Waals surface area (Å²) in [6.07, 6.45) is 0. The summed E-state index contributed by atoms with van der Waals surface area (Å²) in [5, 5.41) is 5.72. The number of nitrogens with one attached hydrogen (secondary N) is 2. The normalized spacial score (nSPS) is 14.2. The van der Waals surface area contributed by atoms with Gasteiger partial charge in [-0.15, -0.1) is 0 Å². The third kappa shape index (κ3) is 3.74. The summed E-state index contributed by atoms with van der Waals surface area (Å²) in [5.74, 6) is -0.0830. The van der Waals surface area contributed by atoms with E-state index >= 15 is 0 Å². The lowest BCUT2D eigenvalue weighted by molar-refractivity contribution is -0.120. The van der Waals surface area contributed by atoms with Crippen molar-refractivity contribution >= 4 is 23.2 Å². The molecule has 2 aromatic rings. The van der Waals surface area contributed by atoms with Crippen LogP contribution in [-0.2, 0) is 4.79 Å². The van der Waals surface area contributed by atoms with Crippen LogP contribution in [0.2, 0.25) is 0 Å². The molecule has 0 radical (unpaired) electrons. The van der Waals surface area contributed by atoms with Crippen molar-refractivity contribution in [1.82, 2.24) is 5.32 Å². The summed E-state index contributed by atoms with van der Waals surface area (Å²) >= 11 is 0. The molecule has 5 nitrogen and oxygen atoms in total. The van der Waals surface area contributed by atoms with E-state index in [1.165, 1.54) is 0 Å². The van der Waals surface area contributed by atoms with E-state index in [1.807, 2.05) is 61.2 Å². The molecule has 24 heavy (non-hydrogen) atoms. The molecule has 1 saturated heterocycles. The van der Waals surface area contributed by atoms with Crippen LogP contribution in [0.4, 0.5) is 11.4 Å². The van der Waals surface area contributed by atoms with Gasteiger partial charge in [-0.3, -0.25) is 9.59 Å². The zero-order valence-corrected chi connectivity index (χ0v) is 13.9. The second kappa shape index (κ2) is 6.74. The van der Waals surface area contributed by atoms with Gasteiger partial charge in [0, 0.05) is 30.0 Å². The second-order valence-corrected chi connectivity index (χ2v) is 6.15. The molecular weight excluding hydrogens is 302 g/mol. The highest BCUT2D eigenvalue weighted by Gasteiger charge is 2.16. The lowest BCUT2D eigenvalue weighted by Crippen LogP contribution is -2.47. The minimum Gasteiger partial charge on any atom is -0.360 e. The predicted molar refractivity (Wildman–Crippen MR) is 95.5 cm³/mol. The predicted octanol–water partition coefficient (Wildman–Crippen LogP) is 2.49. The van der Waals surface area contributed by atoms with Gasteiger partial charge in [-0.1, -0.05) is 17.2 Å². The van der Waals surface area contributed by atoms with E-state index in [4.69, 9.17) is 0 Å². The molecule has 2 amide bonds. The van der Waals surface area contributed by atoms with E-state index in [2.05, 4.69) is 10.6 Å². The number of carbonyl (C=O) groups excluding carboxylic acids is 2. The van der Waals surface area contributed by atoms with Crippen LogP contribution in [0.1, 0.15) is 21.5 Å². The lowest BCUT2D eigenvalue weighted by atomic mass is 10.1. The highest BCUT2D eigenvalue weighted by Crippen LogP contribution is 2.19. The Bertz CT molecular complexity index is 748. The van der Waals surface area contributed by atoms with Gasteiger partial charge in [-0.2, -0.15) is 0 Å². The third-order valence-corrected chi connectivity index (χ3v) is 4.01. The van der Waals surface area contributed by atoms with Gasteiger partial charge in [0.05, 0.1) is 6.54 Å². The summed E-state index contributed by atoms with van der Waals surface area (Å²) in [6.45, 7) is 5.78. The molecule has 0 aromatic heterocycles. The zero-order chi connectivity index (χ0) is 17.1. The Labute approximate surface area is 141 Å². The summed E-state index contributed by atoms with van der Waals surface area (Å²) in [6, 6.07) is 13.4. The largest absolute Gasteiger partial charge is 0.360 e. The van der Waals surface area contributed by atoms with Crippen molar-refractivity contribution in [2.45, 2.75) is 13.8 Å². The first-order valence-corrected chi connectivity index (χ1v) is 8.02. The minimum absolute atomic E-state index is 0.0356. The molecule has 1 aliphatic rings. The van der Waals surface area contributed by atoms with Crippen LogP contribution in [-0.4, -0.2) is 31.4 Å². The monoisotopic (exact) mass is 323 g/mol. The third-order valence-electron chi connectivity index (χ3n) is 4.01. The Kier molecular flexibility index (Phi) is 4.51. The Morgan fingerprint density at radius 2 is 1.75 bits per heavy atom. The summed E-state index contributed by atoms with van der Waals surface area (Å²) in [5.41, 5.74) is 4.51. The van der Waals surface area contributed by atoms with E-state index in [1.54, 1.807) is 0 Å². The average Bonchev–Trinajstić information content (AvgIpc) is 2.54. The van der Waals surface area contributed by atoms with Gasteiger partial charge in [0.25, 0.3) is 5.91 Å². The fraction of sp³-hybridized carbons (Fsp3) is 0.263. The molecule has 0 saturated carbocycles. The topological polar surface area (TPSA) is 61.4 Å². The molecule has 1 fully saturated rings. The number of nitrogens with zero attached hydrogens (tertiary/aromatic N) is 1. The SMILES string of the molecule is Cc1cc(C)cc(C(=O)Nc2ccc(N3CCNC(=O)C3)cc2)c1. The number of hydrogen-bond acceptors (Lipinski definition) is 3. The van der Waals surface area contributed by atoms with Crippen molar-refractivity contribution in [3.05, 3.63) is 59.2 Å². The van der Waals surface area contributed by atoms with Crippen LogP contribution in [0.5, 0.6) is 0 Å². The van der Waals surface area contributed by atoms with Gasteiger partial charge >= 0.3 is 0 Å². The van der Waals surface area contributed by atoms with Crippen molar-refractivity contribution in [2.24, 2.45) is 0 Å². The van der Waals surface area contributed by atoms with Crippen LogP contribution in [0.15, 0.2) is 42.5 Å². The lowest BCUT2D eigenvalue weighted by Gasteiger charge is -2.28. The maximum absolute atomic E-state index is 12.4. The highest BCUT2D eigenvalue weighted by atomic mass is 16.2. The van der Waals surface area contributed by atoms with Crippen molar-refractivity contribution in [3.8, 4) is 0 Å². The Morgan fingerprint density at radius 1 is 1.08 bits per heavy atom. The first-order valence-electron chi connectivity index (χ1n) is 8.02. The molecule has 5 heteroatoms. The number of anilines is 2. The van der Waals surface area contributed by atoms with Gasteiger partial charge < -0.3 is 15.5 Å². The van der Waals surface area contributed by atoms with Crippen LogP contribution in [0, 0.1) is 13.8 Å². The molecule has 0 spiro atoms. The van der Waals surface area contributed by atoms with Crippen molar-refractivity contribution in [3.63, 3.8) is 0 Å². The van der Waals surface area contributed by atoms with E-state index in [0.717, 1.165) is 29.0 Å². The number of amides is 2. The molecule has 2 N–H and O–H groups in total. The average molecular weight is 323 g/mol. The molecule has 0 atom stereocenters. The first kappa shape index (κ1) is 16.1. The van der Waals surface area contributed by atoms with Crippen molar-refractivity contribution in [2.75, 3.05) is 29.9 Å². The molecule has 3 rings (SSSR count). The summed E-state index contributed by atoms with van der Waals surface area (Å²) < 4.78 is 0. The van der Waals surface area contributed by atoms with Crippen LogP contribution in [0.3, 0.4) is 0 Å². The molecule has 0 bridgehead atoms. The maximum Gasteiger partial charge on any atom is 0.255 e. The minimum atomic E-state index is -0.119. The molecular formula is C19H21N3O2. The summed E-state index contributed by atoms with van der Waals surface area (Å²) in [4.78, 5) is 25.9. The number of piperazine rings is 1. The van der Waals surface area contributed by atoms with E-state index < -0.39 is 0 Å². The smallest absolute Gasteiger partial charge is 0.255 e. The number of carbonyl (C=O) groups is 2. The standard InChI is InChI=1S/C19H21N3O2/c1-13-9-14(2)11-15(10-13)19(24)21-16-3-5-17(6-4-16)22-8-7-20-18(23)12-22/h3-6,9-11H,7-8,12H2,1-2H3,(H,20,23)(H,21,24). The number of benzene rings is 2. The fourth-order valence-electron chi connectivity index (χ4n) is 2.92. The van der Waals surface area contributed by atoms with Crippen molar-refractivity contribution in [1.29, 1.82) is 0 Å². The number of hydrogen-bond donors (Lipinski definition) is 2. The first-order chi connectivity index (χ1) is 11.5. The Balaban J connectivity index is 1.69. The molecule has 1 heterocycles. The van der Waals surface area contributed by atoms with Crippen LogP contribution >= 0.6 is 0 Å². The highest BCUT2D eigenvalue weighted by molar-refractivity contribution is 6.04.